The molecule has 4 aromatic rings. The van der Waals surface area contributed by atoms with Crippen molar-refractivity contribution in [3.8, 4) is 0 Å². The number of hydrogen-bond acceptors (Lipinski definition) is 2. The zero-order valence-corrected chi connectivity index (χ0v) is 20.5. The number of rotatable bonds is 5. The van der Waals surface area contributed by atoms with E-state index in [-0.39, 0.29) is 0 Å². The van der Waals surface area contributed by atoms with Crippen molar-refractivity contribution in [1.29, 1.82) is 0 Å². The molecule has 1 aliphatic rings. The lowest BCUT2D eigenvalue weighted by molar-refractivity contribution is 0.0499. The number of ether oxygens (including phenoxy) is 1. The van der Waals surface area contributed by atoms with Crippen LogP contribution in [0.2, 0.25) is 0 Å². The second-order valence-electron chi connectivity index (χ2n) is 7.99. The van der Waals surface area contributed by atoms with Gasteiger partial charge in [-0.3, -0.25) is 0 Å². The van der Waals surface area contributed by atoms with E-state index in [0.29, 0.717) is 5.90 Å². The Hall–Kier alpha value is -2.69. The lowest BCUT2D eigenvalue weighted by Crippen LogP contribution is -2.39. The van der Waals surface area contributed by atoms with E-state index in [1.54, 1.807) is 0 Å². The largest absolute Gasteiger partial charge is 0.465 e. The Morgan fingerprint density at radius 3 is 1.78 bits per heavy atom. The van der Waals surface area contributed by atoms with Gasteiger partial charge in [0.05, 0.1) is 5.69 Å². The van der Waals surface area contributed by atoms with Crippen molar-refractivity contribution >= 4 is 43.4 Å². The molecule has 0 atom stereocenters. The third-order valence-corrected chi connectivity index (χ3v) is 6.77. The van der Waals surface area contributed by atoms with Gasteiger partial charge in [-0.05, 0) is 51.3 Å². The topological polar surface area (TPSA) is 21.6 Å². The summed E-state index contributed by atoms with van der Waals surface area (Å²) in [5.41, 5.74) is 4.80. The molecule has 0 saturated carbocycles. The van der Waals surface area contributed by atoms with Crippen LogP contribution in [0.25, 0.3) is 0 Å². The molecule has 0 radical (unpaired) electrons. The molecule has 1 aliphatic heterocycles. The second kappa shape index (κ2) is 9.05. The zero-order valence-electron chi connectivity index (χ0n) is 17.3. The number of hydrogen-bond donors (Lipinski definition) is 0. The van der Waals surface area contributed by atoms with Gasteiger partial charge in [-0.15, -0.1) is 0 Å². The van der Waals surface area contributed by atoms with Crippen molar-refractivity contribution in [3.05, 3.63) is 134 Å². The molecule has 4 heteroatoms. The van der Waals surface area contributed by atoms with E-state index < -0.39 is 5.60 Å². The third-order valence-electron chi connectivity index (χ3n) is 5.71. The van der Waals surface area contributed by atoms with Gasteiger partial charge in [-0.25, -0.2) is 4.99 Å². The summed E-state index contributed by atoms with van der Waals surface area (Å²) in [6, 6.07) is 35.4. The third kappa shape index (κ3) is 4.30. The summed E-state index contributed by atoms with van der Waals surface area (Å²) < 4.78 is 8.86. The van der Waals surface area contributed by atoms with Crippen LogP contribution in [0.1, 0.15) is 22.3 Å². The van der Waals surface area contributed by atoms with Crippen molar-refractivity contribution in [2.75, 3.05) is 0 Å². The molecule has 0 spiro atoms. The Balaban J connectivity index is 1.73. The summed E-state index contributed by atoms with van der Waals surface area (Å²) in [5.74, 6) is 0.646. The van der Waals surface area contributed by atoms with Crippen LogP contribution in [0.4, 0.5) is 5.69 Å². The summed E-state index contributed by atoms with van der Waals surface area (Å²) in [6.45, 7) is 0. The van der Waals surface area contributed by atoms with Crippen LogP contribution in [-0.2, 0) is 23.2 Å². The number of aliphatic imine (C=N–C) groups is 1. The molecule has 5 rings (SSSR count). The summed E-state index contributed by atoms with van der Waals surface area (Å²) >= 11 is 7.45. The first kappa shape index (κ1) is 21.2. The summed E-state index contributed by atoms with van der Waals surface area (Å²) in [5, 5.41) is 0. The van der Waals surface area contributed by atoms with Crippen LogP contribution in [-0.4, -0.2) is 5.90 Å². The quantitative estimate of drug-likeness (QED) is 0.248. The van der Waals surface area contributed by atoms with Gasteiger partial charge >= 0.3 is 0 Å². The van der Waals surface area contributed by atoms with E-state index >= 15 is 0 Å². The highest BCUT2D eigenvalue weighted by atomic mass is 79.9. The van der Waals surface area contributed by atoms with Crippen molar-refractivity contribution < 1.29 is 4.74 Å². The maximum absolute atomic E-state index is 6.91. The summed E-state index contributed by atoms with van der Waals surface area (Å²) in [4.78, 5) is 4.96. The molecular formula is C28H21Br2NO. The summed E-state index contributed by atoms with van der Waals surface area (Å²) in [6.07, 6.45) is 1.45. The van der Waals surface area contributed by atoms with Gasteiger partial charge in [-0.1, -0.05) is 94.8 Å². The zero-order chi connectivity index (χ0) is 22.0. The maximum atomic E-state index is 6.91. The van der Waals surface area contributed by atoms with Gasteiger partial charge in [0.1, 0.15) is 5.60 Å². The molecule has 32 heavy (non-hydrogen) atoms. The van der Waals surface area contributed by atoms with Crippen LogP contribution in [0.15, 0.2) is 117 Å². The molecule has 0 amide bonds. The van der Waals surface area contributed by atoms with Crippen LogP contribution in [0.5, 0.6) is 0 Å². The van der Waals surface area contributed by atoms with Gasteiger partial charge in [0.2, 0.25) is 5.90 Å². The van der Waals surface area contributed by atoms with Crippen LogP contribution in [0.3, 0.4) is 0 Å². The molecule has 2 nitrogen and oxygen atoms in total. The van der Waals surface area contributed by atoms with E-state index in [1.807, 2.05) is 48.5 Å². The molecule has 0 saturated heterocycles. The molecule has 0 bridgehead atoms. The minimum Gasteiger partial charge on any atom is -0.465 e. The predicted molar refractivity (Wildman–Crippen MR) is 138 cm³/mol. The number of benzene rings is 4. The minimum absolute atomic E-state index is 0.614. The molecule has 0 aromatic heterocycles. The number of fused-ring (bicyclic) bond motifs is 1. The van der Waals surface area contributed by atoms with E-state index in [0.717, 1.165) is 38.6 Å². The smallest absolute Gasteiger partial charge is 0.222 e. The van der Waals surface area contributed by atoms with Crippen molar-refractivity contribution in [2.24, 2.45) is 4.99 Å². The van der Waals surface area contributed by atoms with Gasteiger partial charge in [-0.2, -0.15) is 0 Å². The van der Waals surface area contributed by atoms with Gasteiger partial charge in [0.15, 0.2) is 0 Å². The minimum atomic E-state index is -0.614. The highest BCUT2D eigenvalue weighted by Gasteiger charge is 2.42. The highest BCUT2D eigenvalue weighted by Crippen LogP contribution is 2.47. The number of halogens is 2. The molecule has 0 unspecified atom stereocenters. The van der Waals surface area contributed by atoms with Gasteiger partial charge < -0.3 is 4.74 Å². The van der Waals surface area contributed by atoms with Crippen LogP contribution >= 0.6 is 31.9 Å². The van der Waals surface area contributed by atoms with Crippen molar-refractivity contribution in [2.45, 2.75) is 18.4 Å². The molecule has 0 aliphatic carbocycles. The Labute approximate surface area is 205 Å². The van der Waals surface area contributed by atoms with Crippen LogP contribution in [0, 0.1) is 0 Å². The fourth-order valence-electron chi connectivity index (χ4n) is 4.27. The SMILES string of the molecule is Brc1cc(Br)c2c(c1)C(Cc1ccccc1)(Cc1ccccc1)OC(c1ccccc1)=N2. The van der Waals surface area contributed by atoms with E-state index in [2.05, 4.69) is 86.5 Å². The van der Waals surface area contributed by atoms with Crippen molar-refractivity contribution in [1.82, 2.24) is 0 Å². The number of nitrogens with zero attached hydrogens (tertiary/aromatic N) is 1. The average Bonchev–Trinajstić information content (AvgIpc) is 2.81. The van der Waals surface area contributed by atoms with E-state index in [4.69, 9.17) is 9.73 Å². The van der Waals surface area contributed by atoms with Crippen molar-refractivity contribution in [3.63, 3.8) is 0 Å². The lowest BCUT2D eigenvalue weighted by Gasteiger charge is -2.39. The molecule has 158 valence electrons. The normalized spacial score (nSPS) is 14.2. The lowest BCUT2D eigenvalue weighted by atomic mass is 9.80. The molecule has 4 aromatic carbocycles. The second-order valence-corrected chi connectivity index (χ2v) is 9.76. The molecular weight excluding hydrogens is 526 g/mol. The summed E-state index contributed by atoms with van der Waals surface area (Å²) in [7, 11) is 0. The Morgan fingerprint density at radius 1 is 0.688 bits per heavy atom. The standard InChI is InChI=1S/C28H21Br2NO/c29-23-16-24-26(25(30)17-23)31-27(22-14-8-3-9-15-22)32-28(24,18-20-10-4-1-5-11-20)19-21-12-6-2-7-13-21/h1-17H,18-19H2. The highest BCUT2D eigenvalue weighted by molar-refractivity contribution is 9.11. The van der Waals surface area contributed by atoms with E-state index in [9.17, 15) is 0 Å². The Bertz CT molecular complexity index is 1210. The monoisotopic (exact) mass is 545 g/mol. The Kier molecular flexibility index (Phi) is 5.99. The van der Waals surface area contributed by atoms with Gasteiger partial charge in [0, 0.05) is 32.9 Å². The maximum Gasteiger partial charge on any atom is 0.222 e. The molecule has 0 fully saturated rings. The first-order chi connectivity index (χ1) is 15.6. The molecule has 1 heterocycles. The van der Waals surface area contributed by atoms with E-state index in [1.165, 1.54) is 11.1 Å². The first-order valence-corrected chi connectivity index (χ1v) is 12.1. The average molecular weight is 547 g/mol. The van der Waals surface area contributed by atoms with Gasteiger partial charge in [0.25, 0.3) is 0 Å². The predicted octanol–water partition coefficient (Wildman–Crippen LogP) is 8.00. The fraction of sp³-hybridized carbons (Fsp3) is 0.107. The molecule has 0 N–H and O–H groups in total. The fourth-order valence-corrected chi connectivity index (χ4v) is 5.59. The first-order valence-electron chi connectivity index (χ1n) is 10.5. The van der Waals surface area contributed by atoms with Crippen LogP contribution < -0.4 is 0 Å². The Morgan fingerprint density at radius 2 is 1.22 bits per heavy atom.